The van der Waals surface area contributed by atoms with Crippen LogP contribution in [0.25, 0.3) is 10.9 Å². The predicted octanol–water partition coefficient (Wildman–Crippen LogP) is 4.67. The lowest BCUT2D eigenvalue weighted by Crippen LogP contribution is -2.57. The van der Waals surface area contributed by atoms with Gasteiger partial charge in [-0.2, -0.15) is 4.31 Å². The average Bonchev–Trinajstić information content (AvgIpc) is 3.40. The number of hydrogen-bond acceptors (Lipinski definition) is 9. The quantitative estimate of drug-likeness (QED) is 0.0925. The number of nitrogens with zero attached hydrogens (tertiary/aromatic N) is 4. The molecule has 2 heterocycles. The molecular weight excluding hydrogens is 730 g/mol. The van der Waals surface area contributed by atoms with Crippen LogP contribution in [-0.4, -0.2) is 88.3 Å². The maximum absolute atomic E-state index is 14.4. The zero-order valence-electron chi connectivity index (χ0n) is 30.9. The topological polar surface area (TPSA) is 192 Å². The number of aromatic nitrogens is 1. The van der Waals surface area contributed by atoms with Gasteiger partial charge in [-0.3, -0.25) is 19.5 Å². The lowest BCUT2D eigenvalue weighted by atomic mass is 9.95. The number of urea groups is 1. The maximum atomic E-state index is 14.4. The molecule has 1 aliphatic heterocycles. The molecule has 1 saturated heterocycles. The summed E-state index contributed by atoms with van der Waals surface area (Å²) in [7, 11) is -4.16. The van der Waals surface area contributed by atoms with Crippen molar-refractivity contribution in [2.75, 3.05) is 31.1 Å². The number of sulfonamides is 1. The van der Waals surface area contributed by atoms with Gasteiger partial charge in [-0.1, -0.05) is 82.1 Å². The molecular formula is C39H48ClN7O6S. The fraction of sp³-hybridized carbons (Fsp3) is 0.385. The largest absolute Gasteiger partial charge is 0.399 e. The van der Waals surface area contributed by atoms with E-state index in [0.29, 0.717) is 23.3 Å². The van der Waals surface area contributed by atoms with Crippen molar-refractivity contribution in [2.24, 2.45) is 11.8 Å². The van der Waals surface area contributed by atoms with Gasteiger partial charge in [0, 0.05) is 24.2 Å². The van der Waals surface area contributed by atoms with Crippen molar-refractivity contribution in [3.05, 3.63) is 95.1 Å². The summed E-state index contributed by atoms with van der Waals surface area (Å²) in [6.45, 7) is 6.73. The highest BCUT2D eigenvalue weighted by atomic mass is 35.5. The molecule has 1 aliphatic rings. The lowest BCUT2D eigenvalue weighted by molar-refractivity contribution is -0.129. The summed E-state index contributed by atoms with van der Waals surface area (Å²) in [6.07, 6.45) is -0.725. The van der Waals surface area contributed by atoms with Crippen molar-refractivity contribution in [2.45, 2.75) is 70.2 Å². The molecule has 3 aromatic carbocycles. The van der Waals surface area contributed by atoms with E-state index in [1.807, 2.05) is 64.1 Å². The summed E-state index contributed by atoms with van der Waals surface area (Å²) < 4.78 is 29.0. The molecule has 0 spiro atoms. The summed E-state index contributed by atoms with van der Waals surface area (Å²) in [4.78, 5) is 48.5. The number of aliphatic hydroxyl groups excluding tert-OH is 1. The number of carbonyl (C=O) groups excluding carboxylic acids is 3. The average molecular weight is 778 g/mol. The van der Waals surface area contributed by atoms with Gasteiger partial charge in [-0.05, 0) is 66.3 Å². The number of benzene rings is 3. The summed E-state index contributed by atoms with van der Waals surface area (Å²) in [5.74, 6) is -1.54. The third-order valence-corrected chi connectivity index (χ3v) is 11.8. The number of anilines is 2. The SMILES string of the molecule is CCC(C)C(C(=O)N[C@@H](Cc1ccccc1)[C@H](O)CN(CC(C)C)S(=O)(=O)c1ccc(Cl)c(N)c1)N1CC(=O)N(Cc2ccc3cc(N)ccc3n2)C1=O. The first-order chi connectivity index (χ1) is 25.6. The van der Waals surface area contributed by atoms with Crippen LogP contribution in [0.15, 0.2) is 83.8 Å². The smallest absolute Gasteiger partial charge is 0.328 e. The van der Waals surface area contributed by atoms with Crippen LogP contribution in [0.2, 0.25) is 5.02 Å². The van der Waals surface area contributed by atoms with Crippen LogP contribution in [0.4, 0.5) is 16.2 Å². The van der Waals surface area contributed by atoms with Crippen LogP contribution in [0, 0.1) is 11.8 Å². The van der Waals surface area contributed by atoms with E-state index < -0.39 is 46.1 Å². The number of aliphatic hydroxyl groups is 1. The van der Waals surface area contributed by atoms with Gasteiger partial charge in [0.2, 0.25) is 15.9 Å². The van der Waals surface area contributed by atoms with E-state index in [0.717, 1.165) is 15.8 Å². The van der Waals surface area contributed by atoms with Crippen LogP contribution >= 0.6 is 11.6 Å². The Morgan fingerprint density at radius 3 is 2.39 bits per heavy atom. The molecule has 4 amide bonds. The van der Waals surface area contributed by atoms with E-state index in [-0.39, 0.29) is 60.0 Å². The molecule has 5 rings (SSSR count). The number of nitrogens with one attached hydrogen (secondary N) is 1. The molecule has 4 atom stereocenters. The maximum Gasteiger partial charge on any atom is 0.328 e. The molecule has 1 fully saturated rings. The second-order valence-corrected chi connectivity index (χ2v) is 16.6. The molecule has 1 aromatic heterocycles. The number of nitrogen functional groups attached to an aromatic ring is 2. The molecule has 6 N–H and O–H groups in total. The van der Waals surface area contributed by atoms with Crippen LogP contribution in [-0.2, 0) is 32.6 Å². The van der Waals surface area contributed by atoms with Gasteiger partial charge < -0.3 is 26.8 Å². The van der Waals surface area contributed by atoms with Crippen LogP contribution in [0.1, 0.15) is 45.4 Å². The van der Waals surface area contributed by atoms with Gasteiger partial charge in [0.05, 0.1) is 45.5 Å². The summed E-state index contributed by atoms with van der Waals surface area (Å²) in [6, 6.07) is 19.4. The minimum atomic E-state index is -4.16. The first-order valence-corrected chi connectivity index (χ1v) is 19.7. The lowest BCUT2D eigenvalue weighted by Gasteiger charge is -2.34. The Balaban J connectivity index is 1.40. The number of imide groups is 1. The van der Waals surface area contributed by atoms with Gasteiger partial charge in [0.25, 0.3) is 5.91 Å². The number of nitrogens with two attached hydrogens (primary N) is 2. The van der Waals surface area contributed by atoms with Crippen molar-refractivity contribution in [3.63, 3.8) is 0 Å². The number of rotatable bonds is 16. The fourth-order valence-corrected chi connectivity index (χ4v) is 8.34. The van der Waals surface area contributed by atoms with Crippen molar-refractivity contribution < 1.29 is 27.9 Å². The molecule has 288 valence electrons. The molecule has 0 aliphatic carbocycles. The van der Waals surface area contributed by atoms with Crippen molar-refractivity contribution in [1.29, 1.82) is 0 Å². The van der Waals surface area contributed by atoms with Crippen LogP contribution in [0.5, 0.6) is 0 Å². The number of halogens is 1. The predicted molar refractivity (Wildman–Crippen MR) is 210 cm³/mol. The molecule has 0 saturated carbocycles. The number of carbonyl (C=O) groups is 3. The summed E-state index contributed by atoms with van der Waals surface area (Å²) in [5, 5.41) is 15.8. The van der Waals surface area contributed by atoms with Gasteiger partial charge in [0.15, 0.2) is 0 Å². The Labute approximate surface area is 321 Å². The molecule has 0 bridgehead atoms. The Kier molecular flexibility index (Phi) is 12.8. The second kappa shape index (κ2) is 17.1. The number of amides is 4. The molecule has 2 unspecified atom stereocenters. The van der Waals surface area contributed by atoms with Crippen molar-refractivity contribution >= 4 is 61.7 Å². The highest BCUT2D eigenvalue weighted by Gasteiger charge is 2.45. The number of pyridine rings is 1. The Hall–Kier alpha value is -4.76. The molecule has 0 radical (unpaired) electrons. The summed E-state index contributed by atoms with van der Waals surface area (Å²) in [5.41, 5.74) is 14.5. The first kappa shape index (κ1) is 40.4. The van der Waals surface area contributed by atoms with Gasteiger partial charge in [0.1, 0.15) is 12.6 Å². The van der Waals surface area contributed by atoms with E-state index in [1.54, 1.807) is 24.3 Å². The zero-order chi connectivity index (χ0) is 39.3. The second-order valence-electron chi connectivity index (χ2n) is 14.2. The molecule has 4 aromatic rings. The van der Waals surface area contributed by atoms with Gasteiger partial charge in [-0.15, -0.1) is 0 Å². The van der Waals surface area contributed by atoms with E-state index in [1.165, 1.54) is 27.4 Å². The number of hydrogen-bond donors (Lipinski definition) is 4. The fourth-order valence-electron chi connectivity index (χ4n) is 6.56. The highest BCUT2D eigenvalue weighted by Crippen LogP contribution is 2.27. The third-order valence-electron chi connectivity index (χ3n) is 9.62. The first-order valence-electron chi connectivity index (χ1n) is 17.9. The minimum absolute atomic E-state index is 0.0732. The van der Waals surface area contributed by atoms with Gasteiger partial charge >= 0.3 is 6.03 Å². The van der Waals surface area contributed by atoms with E-state index in [2.05, 4.69) is 10.3 Å². The normalized spacial score (nSPS) is 15.9. The van der Waals surface area contributed by atoms with Crippen LogP contribution in [0.3, 0.4) is 0 Å². The molecule has 13 nitrogen and oxygen atoms in total. The third kappa shape index (κ3) is 9.30. The monoisotopic (exact) mass is 777 g/mol. The highest BCUT2D eigenvalue weighted by molar-refractivity contribution is 7.89. The number of fused-ring (bicyclic) bond motifs is 1. The van der Waals surface area contributed by atoms with Crippen molar-refractivity contribution in [3.8, 4) is 0 Å². The Morgan fingerprint density at radius 1 is 1.00 bits per heavy atom. The Bertz CT molecular complexity index is 2100. The minimum Gasteiger partial charge on any atom is -0.399 e. The Morgan fingerprint density at radius 2 is 1.72 bits per heavy atom. The molecule has 54 heavy (non-hydrogen) atoms. The molecule has 15 heteroatoms. The van der Waals surface area contributed by atoms with Gasteiger partial charge in [-0.25, -0.2) is 13.2 Å². The zero-order valence-corrected chi connectivity index (χ0v) is 32.4. The van der Waals surface area contributed by atoms with E-state index in [9.17, 15) is 27.9 Å². The standard InChI is InChI=1S/C39H48ClN7O6S/c1-5-25(4)37(47-23-36(49)46(39(47)51)21-29-13-11-27-18-28(41)12-16-33(27)43-29)38(50)44-34(17-26-9-7-6-8-10-26)35(48)22-45(20-24(2)3)54(52,53)30-14-15-31(40)32(42)19-30/h6-16,18-19,24-25,34-35,37,48H,5,17,20-23,41-42H2,1-4H3,(H,44,50)/t25?,34-,35+,37?/m0/s1. The van der Waals surface area contributed by atoms with Crippen LogP contribution < -0.4 is 16.8 Å². The van der Waals surface area contributed by atoms with E-state index in [4.69, 9.17) is 23.1 Å². The van der Waals surface area contributed by atoms with Crippen molar-refractivity contribution in [1.82, 2.24) is 24.4 Å². The summed E-state index contributed by atoms with van der Waals surface area (Å²) >= 11 is 6.07. The van der Waals surface area contributed by atoms with E-state index >= 15 is 0 Å².